The lowest BCUT2D eigenvalue weighted by Gasteiger charge is -2.61. The van der Waals surface area contributed by atoms with Crippen LogP contribution < -0.4 is 9.47 Å². The maximum absolute atomic E-state index is 14.4. The molecular weight excluding hydrogens is 564 g/mol. The Kier molecular flexibility index (Phi) is 7.48. The number of aromatic hydroxyl groups is 1. The molecule has 3 aliphatic rings. The highest BCUT2D eigenvalue weighted by atomic mass is 16.5. The number of hydrogen-bond donors (Lipinski definition) is 2. The van der Waals surface area contributed by atoms with Crippen molar-refractivity contribution in [2.24, 2.45) is 34.5 Å². The molecule has 44 heavy (non-hydrogen) atoms. The van der Waals surface area contributed by atoms with E-state index in [1.54, 1.807) is 59.1 Å². The predicted molar refractivity (Wildman–Crippen MR) is 161 cm³/mol. The molecule has 0 aliphatic heterocycles. The monoisotopic (exact) mass is 602 g/mol. The fraction of sp³-hybridized carbons (Fsp3) is 0.457. The van der Waals surface area contributed by atoms with Crippen LogP contribution in [0.5, 0.6) is 17.2 Å². The van der Waals surface area contributed by atoms with Gasteiger partial charge in [-0.25, -0.2) is 0 Å². The summed E-state index contributed by atoms with van der Waals surface area (Å²) in [5.41, 5.74) is -3.45. The van der Waals surface area contributed by atoms with Gasteiger partial charge in [-0.15, -0.1) is 0 Å². The zero-order valence-corrected chi connectivity index (χ0v) is 26.0. The molecule has 2 fully saturated rings. The van der Waals surface area contributed by atoms with Crippen LogP contribution in [0.15, 0.2) is 30.3 Å². The number of carbonyl (C=O) groups is 5. The molecule has 0 saturated heterocycles. The van der Waals surface area contributed by atoms with E-state index in [0.717, 1.165) is 12.5 Å². The second-order valence-electron chi connectivity index (χ2n) is 13.3. The van der Waals surface area contributed by atoms with Gasteiger partial charge in [-0.1, -0.05) is 52.0 Å². The van der Waals surface area contributed by atoms with Gasteiger partial charge in [0.05, 0.1) is 25.7 Å². The molecule has 0 aromatic heterocycles. The molecule has 0 bridgehead atoms. The third kappa shape index (κ3) is 4.19. The van der Waals surface area contributed by atoms with Crippen LogP contribution in [0.2, 0.25) is 0 Å². The number of fused-ring (bicyclic) bond motifs is 3. The highest BCUT2D eigenvalue weighted by Crippen LogP contribution is 2.63. The van der Waals surface area contributed by atoms with Crippen molar-refractivity contribution in [1.29, 1.82) is 0 Å². The Morgan fingerprint density at radius 3 is 2.23 bits per heavy atom. The van der Waals surface area contributed by atoms with Crippen molar-refractivity contribution in [2.45, 2.75) is 53.1 Å². The Hall–Kier alpha value is -4.11. The molecule has 232 valence electrons. The number of rotatable bonds is 6. The molecule has 2 aromatic rings. The van der Waals surface area contributed by atoms with Crippen LogP contribution in [-0.4, -0.2) is 58.9 Å². The van der Waals surface area contributed by atoms with Crippen molar-refractivity contribution >= 4 is 41.1 Å². The molecule has 5 rings (SSSR count). The number of phenols is 1. The third-order valence-corrected chi connectivity index (χ3v) is 10.2. The highest BCUT2D eigenvalue weighted by molar-refractivity contribution is 6.32. The summed E-state index contributed by atoms with van der Waals surface area (Å²) in [5.74, 6) is -8.02. The van der Waals surface area contributed by atoms with Gasteiger partial charge in [0.15, 0.2) is 40.2 Å². The molecule has 0 amide bonds. The second-order valence-corrected chi connectivity index (χ2v) is 13.3. The first-order valence-corrected chi connectivity index (χ1v) is 14.7. The van der Waals surface area contributed by atoms with Crippen LogP contribution in [0.25, 0.3) is 12.2 Å². The van der Waals surface area contributed by atoms with Crippen LogP contribution in [0.1, 0.15) is 68.1 Å². The molecule has 9 heteroatoms. The van der Waals surface area contributed by atoms with Crippen molar-refractivity contribution in [3.05, 3.63) is 52.6 Å². The SMILES string of the molecule is COc1ccc(/C=C/c2ccc(O)c3c2C[C@]2(C)C[C@]4(C)C(C(C)C)C(=O)C(C(C)=O)C(=O)[C@]4(O)C(=O)C2C3=O)cc1OC. The number of carbonyl (C=O) groups excluding carboxylic acids is 5. The molecule has 0 heterocycles. The number of ketones is 5. The van der Waals surface area contributed by atoms with Crippen molar-refractivity contribution in [1.82, 2.24) is 0 Å². The number of ether oxygens (including phenoxy) is 2. The molecule has 3 aliphatic carbocycles. The molecule has 2 N–H and O–H groups in total. The van der Waals surface area contributed by atoms with Gasteiger partial charge < -0.3 is 19.7 Å². The van der Waals surface area contributed by atoms with E-state index in [2.05, 4.69) is 0 Å². The fourth-order valence-electron chi connectivity index (χ4n) is 8.46. The highest BCUT2D eigenvalue weighted by Gasteiger charge is 2.76. The van der Waals surface area contributed by atoms with E-state index in [1.165, 1.54) is 13.2 Å². The number of hydrogen-bond acceptors (Lipinski definition) is 9. The maximum Gasteiger partial charge on any atom is 0.190 e. The summed E-state index contributed by atoms with van der Waals surface area (Å²) in [6.07, 6.45) is 3.80. The minimum absolute atomic E-state index is 0.00245. The minimum Gasteiger partial charge on any atom is -0.507 e. The number of Topliss-reactive ketones (excluding diaryl/α,β-unsaturated/α-hetero) is 5. The van der Waals surface area contributed by atoms with Crippen molar-refractivity contribution in [3.8, 4) is 17.2 Å². The van der Waals surface area contributed by atoms with Crippen molar-refractivity contribution in [2.75, 3.05) is 14.2 Å². The molecule has 0 spiro atoms. The lowest BCUT2D eigenvalue weighted by Crippen LogP contribution is -2.76. The van der Waals surface area contributed by atoms with Gasteiger partial charge in [-0.05, 0) is 66.0 Å². The predicted octanol–water partition coefficient (Wildman–Crippen LogP) is 4.28. The summed E-state index contributed by atoms with van der Waals surface area (Å²) in [7, 11) is 3.08. The van der Waals surface area contributed by atoms with Crippen molar-refractivity contribution < 1.29 is 43.7 Å². The van der Waals surface area contributed by atoms with Gasteiger partial charge in [-0.2, -0.15) is 0 Å². The molecule has 9 nitrogen and oxygen atoms in total. The topological polar surface area (TPSA) is 144 Å². The van der Waals surface area contributed by atoms with Crippen molar-refractivity contribution in [3.63, 3.8) is 0 Å². The van der Waals surface area contributed by atoms with Crippen LogP contribution in [-0.2, 0) is 25.6 Å². The largest absolute Gasteiger partial charge is 0.507 e. The summed E-state index contributed by atoms with van der Waals surface area (Å²) < 4.78 is 10.7. The first-order valence-electron chi connectivity index (χ1n) is 14.7. The molecule has 6 atom stereocenters. The van der Waals surface area contributed by atoms with Gasteiger partial charge in [0.25, 0.3) is 0 Å². The van der Waals surface area contributed by atoms with Gasteiger partial charge in [-0.3, -0.25) is 24.0 Å². The number of benzene rings is 2. The Morgan fingerprint density at radius 2 is 1.64 bits per heavy atom. The normalized spacial score (nSPS) is 31.5. The van der Waals surface area contributed by atoms with Gasteiger partial charge in [0.1, 0.15) is 17.5 Å². The summed E-state index contributed by atoms with van der Waals surface area (Å²) in [6, 6.07) is 8.47. The maximum atomic E-state index is 14.4. The number of phenolic OH excluding ortho intramolecular Hbond substituents is 1. The van der Waals surface area contributed by atoms with E-state index in [9.17, 15) is 34.2 Å². The van der Waals surface area contributed by atoms with E-state index in [-0.39, 0.29) is 24.2 Å². The number of methoxy groups -OCH3 is 2. The first kappa shape index (κ1) is 31.3. The van der Waals surface area contributed by atoms with Gasteiger partial charge >= 0.3 is 0 Å². The Morgan fingerprint density at radius 1 is 0.977 bits per heavy atom. The minimum atomic E-state index is -2.72. The van der Waals surface area contributed by atoms with Crippen LogP contribution in [0.4, 0.5) is 0 Å². The average Bonchev–Trinajstić information content (AvgIpc) is 2.94. The Bertz CT molecular complexity index is 1650. The molecule has 0 radical (unpaired) electrons. The second kappa shape index (κ2) is 10.5. The van der Waals surface area contributed by atoms with E-state index in [1.807, 2.05) is 12.1 Å². The van der Waals surface area contributed by atoms with E-state index in [4.69, 9.17) is 9.47 Å². The van der Waals surface area contributed by atoms with Gasteiger partial charge in [0.2, 0.25) is 0 Å². The van der Waals surface area contributed by atoms with Gasteiger partial charge in [0, 0.05) is 11.3 Å². The van der Waals surface area contributed by atoms with Crippen LogP contribution >= 0.6 is 0 Å². The molecule has 2 aromatic carbocycles. The molecule has 3 unspecified atom stereocenters. The fourth-order valence-corrected chi connectivity index (χ4v) is 8.46. The van der Waals surface area contributed by atoms with E-state index >= 15 is 0 Å². The summed E-state index contributed by atoms with van der Waals surface area (Å²) in [4.78, 5) is 68.6. The molecule has 2 saturated carbocycles. The summed E-state index contributed by atoms with van der Waals surface area (Å²) >= 11 is 0. The first-order chi connectivity index (χ1) is 20.6. The summed E-state index contributed by atoms with van der Waals surface area (Å²) in [6.45, 7) is 7.94. The summed E-state index contributed by atoms with van der Waals surface area (Å²) in [5, 5.41) is 23.0. The average molecular weight is 603 g/mol. The number of aliphatic hydroxyl groups is 1. The zero-order valence-electron chi connectivity index (χ0n) is 26.0. The standard InChI is InChI=1S/C35H38O9/c1-17(2)27-29(38)25(18(3)36)31(40)35(42)32(41)28-30(39)26-21(15-33(28,4)16-34(27,35)5)20(11-12-22(26)37)10-8-19-9-13-23(43-6)24(14-19)44-7/h8-14,17,25,27-28,37,42H,15-16H2,1-7H3/b10-8+/t25?,27?,28?,33-,34-,35+/m1/s1. The lowest BCUT2D eigenvalue weighted by atomic mass is 9.40. The Labute approximate surface area is 256 Å². The zero-order chi connectivity index (χ0) is 32.5. The van der Waals surface area contributed by atoms with E-state index < -0.39 is 69.0 Å². The van der Waals surface area contributed by atoms with E-state index in [0.29, 0.717) is 22.6 Å². The van der Waals surface area contributed by atoms with Crippen LogP contribution in [0, 0.1) is 34.5 Å². The third-order valence-electron chi connectivity index (χ3n) is 10.2. The molecular formula is C35H38O9. The quantitative estimate of drug-likeness (QED) is 0.366. The Balaban J connectivity index is 1.65. The lowest BCUT2D eigenvalue weighted by molar-refractivity contribution is -0.205. The smallest absolute Gasteiger partial charge is 0.190 e. The van der Waals surface area contributed by atoms with Crippen LogP contribution in [0.3, 0.4) is 0 Å².